The predicted octanol–water partition coefficient (Wildman–Crippen LogP) is 2.60. The molecule has 0 N–H and O–H groups in total. The summed E-state index contributed by atoms with van der Waals surface area (Å²) in [7, 11) is 0. The standard InChI is InChI=1S/C8H10OS/c1-2-8(9-4-1)7-3-5-10-6-7/h3,5-6,8H,1-2,4H2/t8-/m1/s1. The maximum atomic E-state index is 5.50. The van der Waals surface area contributed by atoms with E-state index in [0.717, 1.165) is 6.61 Å². The van der Waals surface area contributed by atoms with Crippen molar-refractivity contribution in [2.24, 2.45) is 0 Å². The minimum absolute atomic E-state index is 0.409. The van der Waals surface area contributed by atoms with Crippen molar-refractivity contribution in [3.63, 3.8) is 0 Å². The van der Waals surface area contributed by atoms with E-state index in [0.29, 0.717) is 6.10 Å². The SMILES string of the molecule is c1cc([C@H]2CCCO2)cs1. The summed E-state index contributed by atoms with van der Waals surface area (Å²) < 4.78 is 5.50. The summed E-state index contributed by atoms with van der Waals surface area (Å²) >= 11 is 1.75. The first-order chi connectivity index (χ1) is 4.97. The molecule has 1 aromatic heterocycles. The fourth-order valence-electron chi connectivity index (χ4n) is 1.30. The molecule has 1 nitrogen and oxygen atoms in total. The summed E-state index contributed by atoms with van der Waals surface area (Å²) in [4.78, 5) is 0. The summed E-state index contributed by atoms with van der Waals surface area (Å²) in [6, 6.07) is 2.15. The molecule has 0 aromatic carbocycles. The van der Waals surface area contributed by atoms with E-state index in [9.17, 15) is 0 Å². The van der Waals surface area contributed by atoms with Crippen LogP contribution in [0.3, 0.4) is 0 Å². The van der Waals surface area contributed by atoms with Crippen molar-refractivity contribution in [3.8, 4) is 0 Å². The Labute approximate surface area is 64.6 Å². The molecule has 0 saturated carbocycles. The van der Waals surface area contributed by atoms with Crippen LogP contribution in [-0.2, 0) is 4.74 Å². The van der Waals surface area contributed by atoms with Gasteiger partial charge in [0.1, 0.15) is 0 Å². The van der Waals surface area contributed by atoms with Gasteiger partial charge >= 0.3 is 0 Å². The highest BCUT2D eigenvalue weighted by Crippen LogP contribution is 2.29. The molecule has 54 valence electrons. The van der Waals surface area contributed by atoms with Crippen LogP contribution in [0.25, 0.3) is 0 Å². The van der Waals surface area contributed by atoms with Gasteiger partial charge in [0.2, 0.25) is 0 Å². The monoisotopic (exact) mass is 154 g/mol. The summed E-state index contributed by atoms with van der Waals surface area (Å²) in [5.41, 5.74) is 1.36. The van der Waals surface area contributed by atoms with Gasteiger partial charge in [-0.25, -0.2) is 0 Å². The lowest BCUT2D eigenvalue weighted by Crippen LogP contribution is -1.91. The Hall–Kier alpha value is -0.340. The Morgan fingerprint density at radius 3 is 3.20 bits per heavy atom. The lowest BCUT2D eigenvalue weighted by atomic mass is 10.1. The first-order valence-electron chi connectivity index (χ1n) is 3.60. The van der Waals surface area contributed by atoms with Crippen molar-refractivity contribution in [1.82, 2.24) is 0 Å². The zero-order chi connectivity index (χ0) is 6.81. The molecule has 1 fully saturated rings. The number of ether oxygens (including phenoxy) is 1. The Balaban J connectivity index is 2.12. The molecular weight excluding hydrogens is 144 g/mol. The number of thiophene rings is 1. The maximum Gasteiger partial charge on any atom is 0.0833 e. The van der Waals surface area contributed by atoms with Gasteiger partial charge in [-0.1, -0.05) is 0 Å². The molecular formula is C8H10OS. The normalized spacial score (nSPS) is 25.4. The van der Waals surface area contributed by atoms with Crippen molar-refractivity contribution in [3.05, 3.63) is 22.4 Å². The molecule has 1 atom stereocenters. The fraction of sp³-hybridized carbons (Fsp3) is 0.500. The second-order valence-corrected chi connectivity index (χ2v) is 3.34. The van der Waals surface area contributed by atoms with Gasteiger partial charge in [0.25, 0.3) is 0 Å². The molecule has 0 bridgehead atoms. The lowest BCUT2D eigenvalue weighted by Gasteiger charge is -2.04. The maximum absolute atomic E-state index is 5.50. The Bertz CT molecular complexity index is 187. The van der Waals surface area contributed by atoms with Crippen LogP contribution in [0.15, 0.2) is 16.8 Å². The van der Waals surface area contributed by atoms with Gasteiger partial charge in [-0.2, -0.15) is 11.3 Å². The zero-order valence-corrected chi connectivity index (χ0v) is 6.56. The van der Waals surface area contributed by atoms with E-state index in [-0.39, 0.29) is 0 Å². The first-order valence-corrected chi connectivity index (χ1v) is 4.55. The second kappa shape index (κ2) is 2.72. The van der Waals surface area contributed by atoms with E-state index in [1.54, 1.807) is 11.3 Å². The van der Waals surface area contributed by atoms with Crippen molar-refractivity contribution in [2.45, 2.75) is 18.9 Å². The van der Waals surface area contributed by atoms with Crippen molar-refractivity contribution >= 4 is 11.3 Å². The van der Waals surface area contributed by atoms with Crippen LogP contribution in [0.4, 0.5) is 0 Å². The van der Waals surface area contributed by atoms with Gasteiger partial charge in [0.05, 0.1) is 6.10 Å². The summed E-state index contributed by atoms with van der Waals surface area (Å²) in [6.45, 7) is 0.945. The topological polar surface area (TPSA) is 9.23 Å². The van der Waals surface area contributed by atoms with Gasteiger partial charge in [-0.3, -0.25) is 0 Å². The van der Waals surface area contributed by atoms with Crippen LogP contribution >= 0.6 is 11.3 Å². The molecule has 10 heavy (non-hydrogen) atoms. The minimum atomic E-state index is 0.409. The third-order valence-corrected chi connectivity index (χ3v) is 2.55. The van der Waals surface area contributed by atoms with Gasteiger partial charge < -0.3 is 4.74 Å². The first kappa shape index (κ1) is 6.38. The number of hydrogen-bond acceptors (Lipinski definition) is 2. The van der Waals surface area contributed by atoms with E-state index < -0.39 is 0 Å². The van der Waals surface area contributed by atoms with Crippen LogP contribution in [0, 0.1) is 0 Å². The molecule has 0 aliphatic carbocycles. The van der Waals surface area contributed by atoms with Crippen LogP contribution in [0.1, 0.15) is 24.5 Å². The molecule has 2 heteroatoms. The second-order valence-electron chi connectivity index (χ2n) is 2.56. The molecule has 0 unspecified atom stereocenters. The molecule has 0 radical (unpaired) electrons. The number of rotatable bonds is 1. The van der Waals surface area contributed by atoms with E-state index >= 15 is 0 Å². The molecule has 1 saturated heterocycles. The molecule has 2 heterocycles. The van der Waals surface area contributed by atoms with Crippen molar-refractivity contribution < 1.29 is 4.74 Å². The highest BCUT2D eigenvalue weighted by Gasteiger charge is 2.16. The average molecular weight is 154 g/mol. The highest BCUT2D eigenvalue weighted by molar-refractivity contribution is 7.07. The van der Waals surface area contributed by atoms with Gasteiger partial charge in [-0.15, -0.1) is 0 Å². The zero-order valence-electron chi connectivity index (χ0n) is 5.75. The van der Waals surface area contributed by atoms with E-state index in [2.05, 4.69) is 16.8 Å². The molecule has 0 amide bonds. The van der Waals surface area contributed by atoms with Crippen LogP contribution in [0.2, 0.25) is 0 Å². The number of hydrogen-bond donors (Lipinski definition) is 0. The lowest BCUT2D eigenvalue weighted by molar-refractivity contribution is 0.112. The average Bonchev–Trinajstić information content (AvgIpc) is 2.59. The highest BCUT2D eigenvalue weighted by atomic mass is 32.1. The Morgan fingerprint density at radius 1 is 1.60 bits per heavy atom. The van der Waals surface area contributed by atoms with Gasteiger partial charge in [-0.05, 0) is 35.2 Å². The largest absolute Gasteiger partial charge is 0.373 e. The Kier molecular flexibility index (Phi) is 1.74. The van der Waals surface area contributed by atoms with Crippen LogP contribution in [-0.4, -0.2) is 6.61 Å². The van der Waals surface area contributed by atoms with Crippen molar-refractivity contribution in [2.75, 3.05) is 6.61 Å². The van der Waals surface area contributed by atoms with Crippen LogP contribution in [0.5, 0.6) is 0 Å². The van der Waals surface area contributed by atoms with Gasteiger partial charge in [0.15, 0.2) is 0 Å². The van der Waals surface area contributed by atoms with Crippen molar-refractivity contribution in [1.29, 1.82) is 0 Å². The summed E-state index contributed by atoms with van der Waals surface area (Å²) in [6.07, 6.45) is 2.84. The van der Waals surface area contributed by atoms with Gasteiger partial charge in [0, 0.05) is 6.61 Å². The molecule has 1 aliphatic rings. The minimum Gasteiger partial charge on any atom is -0.373 e. The third kappa shape index (κ3) is 1.09. The van der Waals surface area contributed by atoms with E-state index in [4.69, 9.17) is 4.74 Å². The smallest absolute Gasteiger partial charge is 0.0833 e. The fourth-order valence-corrected chi connectivity index (χ4v) is 2.00. The summed E-state index contributed by atoms with van der Waals surface area (Å²) in [5.74, 6) is 0. The summed E-state index contributed by atoms with van der Waals surface area (Å²) in [5, 5.41) is 4.28. The third-order valence-electron chi connectivity index (χ3n) is 1.84. The van der Waals surface area contributed by atoms with E-state index in [1.165, 1.54) is 18.4 Å². The Morgan fingerprint density at radius 2 is 2.60 bits per heavy atom. The molecule has 2 rings (SSSR count). The van der Waals surface area contributed by atoms with Crippen LogP contribution < -0.4 is 0 Å². The quantitative estimate of drug-likeness (QED) is 0.604. The predicted molar refractivity (Wildman–Crippen MR) is 42.2 cm³/mol. The molecule has 1 aromatic rings. The molecule has 1 aliphatic heterocycles. The van der Waals surface area contributed by atoms with E-state index in [1.807, 2.05) is 0 Å². The molecule has 0 spiro atoms.